The minimum Gasteiger partial charge on any atom is -0.456 e. The third-order valence-electron chi connectivity index (χ3n) is 7.65. The Morgan fingerprint density at radius 3 is 1.85 bits per heavy atom. The summed E-state index contributed by atoms with van der Waals surface area (Å²) >= 11 is 6.26. The van der Waals surface area contributed by atoms with Crippen LogP contribution >= 0.6 is 11.6 Å². The van der Waals surface area contributed by atoms with Gasteiger partial charge in [-0.05, 0) is 76.9 Å². The maximum absolute atomic E-state index is 6.26. The summed E-state index contributed by atoms with van der Waals surface area (Å²) in [7, 11) is 0. The highest BCUT2D eigenvalue weighted by atomic mass is 35.5. The summed E-state index contributed by atoms with van der Waals surface area (Å²) < 4.78 is 8.62. The molecular formula is C36H22ClNO. The number of aromatic nitrogens is 1. The van der Waals surface area contributed by atoms with Crippen LogP contribution in [0.15, 0.2) is 138 Å². The van der Waals surface area contributed by atoms with Crippen LogP contribution in [-0.2, 0) is 0 Å². The van der Waals surface area contributed by atoms with Gasteiger partial charge in [-0.3, -0.25) is 0 Å². The van der Waals surface area contributed by atoms with E-state index in [2.05, 4.69) is 114 Å². The van der Waals surface area contributed by atoms with Gasteiger partial charge in [0.15, 0.2) is 0 Å². The van der Waals surface area contributed by atoms with Crippen molar-refractivity contribution in [3.05, 3.63) is 138 Å². The molecule has 0 bridgehead atoms. The first-order valence-electron chi connectivity index (χ1n) is 13.0. The highest BCUT2D eigenvalue weighted by Gasteiger charge is 2.17. The number of fused-ring (bicyclic) bond motifs is 6. The van der Waals surface area contributed by atoms with E-state index in [1.807, 2.05) is 24.3 Å². The van der Waals surface area contributed by atoms with Gasteiger partial charge in [0.2, 0.25) is 0 Å². The fourth-order valence-electron chi connectivity index (χ4n) is 5.92. The normalized spacial score (nSPS) is 11.7. The van der Waals surface area contributed by atoms with Gasteiger partial charge in [-0.15, -0.1) is 0 Å². The Morgan fingerprint density at radius 2 is 1.10 bits per heavy atom. The number of para-hydroxylation sites is 3. The molecule has 6 aromatic carbocycles. The summed E-state index contributed by atoms with van der Waals surface area (Å²) in [5, 5.41) is 5.48. The van der Waals surface area contributed by atoms with E-state index in [0.29, 0.717) is 0 Å². The Labute approximate surface area is 230 Å². The maximum Gasteiger partial charge on any atom is 0.136 e. The fraction of sp³-hybridized carbons (Fsp3) is 0. The summed E-state index contributed by atoms with van der Waals surface area (Å²) in [4.78, 5) is 0. The van der Waals surface area contributed by atoms with Gasteiger partial charge >= 0.3 is 0 Å². The second-order valence-electron chi connectivity index (χ2n) is 9.92. The molecule has 184 valence electrons. The van der Waals surface area contributed by atoms with Crippen molar-refractivity contribution in [2.45, 2.75) is 0 Å². The Hall–Kier alpha value is -4.79. The number of rotatable bonds is 3. The molecule has 0 fully saturated rings. The van der Waals surface area contributed by atoms with Crippen LogP contribution in [0.3, 0.4) is 0 Å². The van der Waals surface area contributed by atoms with Crippen molar-refractivity contribution >= 4 is 55.3 Å². The van der Waals surface area contributed by atoms with Crippen molar-refractivity contribution in [1.82, 2.24) is 4.57 Å². The number of benzene rings is 6. The zero-order chi connectivity index (χ0) is 25.9. The molecule has 2 aromatic heterocycles. The number of halogens is 1. The lowest BCUT2D eigenvalue weighted by molar-refractivity contribution is 0.669. The largest absolute Gasteiger partial charge is 0.456 e. The van der Waals surface area contributed by atoms with Crippen LogP contribution in [0.5, 0.6) is 0 Å². The zero-order valence-corrected chi connectivity index (χ0v) is 21.7. The number of furan rings is 1. The second-order valence-corrected chi connectivity index (χ2v) is 10.4. The Kier molecular flexibility index (Phi) is 4.91. The van der Waals surface area contributed by atoms with Crippen molar-refractivity contribution < 1.29 is 4.42 Å². The molecule has 0 radical (unpaired) electrons. The highest BCUT2D eigenvalue weighted by Crippen LogP contribution is 2.40. The van der Waals surface area contributed by atoms with Crippen molar-refractivity contribution in [2.24, 2.45) is 0 Å². The van der Waals surface area contributed by atoms with Gasteiger partial charge in [-0.1, -0.05) is 90.5 Å². The topological polar surface area (TPSA) is 18.1 Å². The van der Waals surface area contributed by atoms with Crippen molar-refractivity contribution in [3.63, 3.8) is 0 Å². The van der Waals surface area contributed by atoms with Crippen molar-refractivity contribution in [1.29, 1.82) is 0 Å². The van der Waals surface area contributed by atoms with Crippen molar-refractivity contribution in [3.8, 4) is 27.9 Å². The molecule has 8 rings (SSSR count). The summed E-state index contributed by atoms with van der Waals surface area (Å²) in [6.07, 6.45) is 0. The van der Waals surface area contributed by atoms with E-state index in [9.17, 15) is 0 Å². The van der Waals surface area contributed by atoms with Crippen molar-refractivity contribution in [2.75, 3.05) is 0 Å². The van der Waals surface area contributed by atoms with E-state index >= 15 is 0 Å². The molecule has 39 heavy (non-hydrogen) atoms. The van der Waals surface area contributed by atoms with Crippen LogP contribution in [0.2, 0.25) is 5.02 Å². The number of nitrogens with zero attached hydrogens (tertiary/aromatic N) is 1. The number of hydrogen-bond donors (Lipinski definition) is 0. The van der Waals surface area contributed by atoms with E-state index < -0.39 is 0 Å². The molecule has 0 atom stereocenters. The first-order chi connectivity index (χ1) is 19.2. The lowest BCUT2D eigenvalue weighted by Gasteiger charge is -2.14. The average molecular weight is 520 g/mol. The minimum absolute atomic E-state index is 0.729. The fourth-order valence-corrected chi connectivity index (χ4v) is 6.05. The molecular weight excluding hydrogens is 498 g/mol. The van der Waals surface area contributed by atoms with E-state index in [1.54, 1.807) is 0 Å². The molecule has 0 saturated heterocycles. The van der Waals surface area contributed by atoms with E-state index in [-0.39, 0.29) is 0 Å². The molecule has 2 heterocycles. The predicted molar refractivity (Wildman–Crippen MR) is 164 cm³/mol. The van der Waals surface area contributed by atoms with Crippen LogP contribution < -0.4 is 0 Å². The van der Waals surface area contributed by atoms with Gasteiger partial charge in [0.1, 0.15) is 11.2 Å². The van der Waals surface area contributed by atoms with Crippen LogP contribution in [0.25, 0.3) is 71.7 Å². The molecule has 0 N–H and O–H groups in total. The molecule has 0 aliphatic heterocycles. The Bertz CT molecular complexity index is 2130. The third kappa shape index (κ3) is 3.49. The quantitative estimate of drug-likeness (QED) is 0.227. The molecule has 8 aromatic rings. The summed E-state index contributed by atoms with van der Waals surface area (Å²) in [5.41, 5.74) is 9.81. The molecule has 0 spiro atoms. The van der Waals surface area contributed by atoms with Gasteiger partial charge in [0, 0.05) is 32.3 Å². The maximum atomic E-state index is 6.26. The van der Waals surface area contributed by atoms with E-state index in [4.69, 9.17) is 16.0 Å². The lowest BCUT2D eigenvalue weighted by Crippen LogP contribution is -1.96. The van der Waals surface area contributed by atoms with Gasteiger partial charge < -0.3 is 8.98 Å². The van der Waals surface area contributed by atoms with Gasteiger partial charge in [-0.25, -0.2) is 0 Å². The molecule has 2 nitrogen and oxygen atoms in total. The molecule has 3 heteroatoms. The zero-order valence-electron chi connectivity index (χ0n) is 20.9. The van der Waals surface area contributed by atoms with Gasteiger partial charge in [-0.2, -0.15) is 0 Å². The third-order valence-corrected chi connectivity index (χ3v) is 7.90. The smallest absolute Gasteiger partial charge is 0.136 e. The molecule has 0 saturated carbocycles. The van der Waals surface area contributed by atoms with Gasteiger partial charge in [0.05, 0.1) is 11.0 Å². The predicted octanol–water partition coefficient (Wildman–Crippen LogP) is 10.7. The summed E-state index contributed by atoms with van der Waals surface area (Å²) in [5.74, 6) is 0. The van der Waals surface area contributed by atoms with E-state index in [1.165, 1.54) is 21.8 Å². The van der Waals surface area contributed by atoms with Crippen LogP contribution in [0.4, 0.5) is 0 Å². The summed E-state index contributed by atoms with van der Waals surface area (Å²) in [6.45, 7) is 0. The van der Waals surface area contributed by atoms with Crippen LogP contribution in [0, 0.1) is 0 Å². The lowest BCUT2D eigenvalue weighted by atomic mass is 9.95. The standard InChI is InChI=1S/C36H22ClNO/c37-26-18-16-23(17-19-26)24-20-25(28-11-7-15-35-36(28)31-10-3-6-14-34(31)39-35)22-27(21-24)38-32-12-4-1-8-29(32)30-9-2-5-13-33(30)38/h1-22H. The average Bonchev–Trinajstić information content (AvgIpc) is 3.53. The molecule has 0 aliphatic carbocycles. The number of hydrogen-bond acceptors (Lipinski definition) is 1. The van der Waals surface area contributed by atoms with Crippen LogP contribution in [0.1, 0.15) is 0 Å². The molecule has 0 aliphatic rings. The molecule has 0 unspecified atom stereocenters. The first kappa shape index (κ1) is 22.2. The Balaban J connectivity index is 1.48. The first-order valence-corrected chi connectivity index (χ1v) is 13.4. The highest BCUT2D eigenvalue weighted by molar-refractivity contribution is 6.30. The second kappa shape index (κ2) is 8.62. The van der Waals surface area contributed by atoms with Crippen LogP contribution in [-0.4, -0.2) is 4.57 Å². The Morgan fingerprint density at radius 1 is 0.487 bits per heavy atom. The van der Waals surface area contributed by atoms with E-state index in [0.717, 1.165) is 54.9 Å². The SMILES string of the molecule is Clc1ccc(-c2cc(-c3cccc4oc5ccccc5c34)cc(-n3c4ccccc4c4ccccc43)c2)cc1. The molecule has 0 amide bonds. The minimum atomic E-state index is 0.729. The van der Waals surface area contributed by atoms with Gasteiger partial charge in [0.25, 0.3) is 0 Å². The summed E-state index contributed by atoms with van der Waals surface area (Å²) in [6, 6.07) is 46.8. The monoisotopic (exact) mass is 519 g/mol.